The minimum absolute atomic E-state index is 0.0640. The molecule has 0 unspecified atom stereocenters. The Kier molecular flexibility index (Phi) is 4.95. The van der Waals surface area contributed by atoms with E-state index in [-0.39, 0.29) is 11.8 Å². The van der Waals surface area contributed by atoms with E-state index in [0.717, 1.165) is 0 Å². The van der Waals surface area contributed by atoms with Gasteiger partial charge >= 0.3 is 0 Å². The van der Waals surface area contributed by atoms with Gasteiger partial charge in [0.1, 0.15) is 0 Å². The van der Waals surface area contributed by atoms with Gasteiger partial charge in [-0.2, -0.15) is 4.98 Å². The van der Waals surface area contributed by atoms with Gasteiger partial charge in [0.2, 0.25) is 25.9 Å². The first-order valence-electron chi connectivity index (χ1n) is 8.36. The summed E-state index contributed by atoms with van der Waals surface area (Å²) in [6.07, 6.45) is 2.53. The summed E-state index contributed by atoms with van der Waals surface area (Å²) in [5.74, 6) is 1.07. The van der Waals surface area contributed by atoms with Crippen molar-refractivity contribution < 1.29 is 21.4 Å². The minimum atomic E-state index is -3.23. The second-order valence-electron chi connectivity index (χ2n) is 7.03. The number of rotatable bonds is 5. The van der Waals surface area contributed by atoms with Crippen LogP contribution >= 0.6 is 0 Å². The van der Waals surface area contributed by atoms with Crippen LogP contribution in [0.3, 0.4) is 0 Å². The molecule has 0 aromatic carbocycles. The molecule has 1 aromatic rings. The number of sulfonamides is 2. The largest absolute Gasteiger partial charge is 0.339 e. The molecular formula is C14H24N4O5S2. The molecule has 0 saturated carbocycles. The van der Waals surface area contributed by atoms with Crippen LogP contribution < -0.4 is 0 Å². The Balaban J connectivity index is 1.58. The Morgan fingerprint density at radius 3 is 2.16 bits per heavy atom. The van der Waals surface area contributed by atoms with E-state index < -0.39 is 25.3 Å². The second-order valence-corrected chi connectivity index (χ2v) is 11.5. The SMILES string of the molecule is CC(C)S(=O)(=O)N1CC(c2nc(C3CCN(S(C)(=O)=O)CC3)no2)C1. The zero-order chi connectivity index (χ0) is 18.4. The molecule has 0 bridgehead atoms. The van der Waals surface area contributed by atoms with E-state index in [1.807, 2.05) is 0 Å². The minimum Gasteiger partial charge on any atom is -0.339 e. The number of piperidine rings is 1. The quantitative estimate of drug-likeness (QED) is 0.710. The molecule has 0 atom stereocenters. The maximum Gasteiger partial charge on any atom is 0.232 e. The molecule has 11 heteroatoms. The van der Waals surface area contributed by atoms with Crippen LogP contribution in [-0.2, 0) is 20.0 Å². The average Bonchev–Trinajstić information content (AvgIpc) is 2.94. The van der Waals surface area contributed by atoms with Crippen LogP contribution in [0.15, 0.2) is 4.52 Å². The molecule has 142 valence electrons. The molecule has 3 rings (SSSR count). The molecule has 2 saturated heterocycles. The van der Waals surface area contributed by atoms with Gasteiger partial charge < -0.3 is 4.52 Å². The number of hydrogen-bond donors (Lipinski definition) is 0. The summed E-state index contributed by atoms with van der Waals surface area (Å²) in [5, 5.41) is 3.59. The predicted molar refractivity (Wildman–Crippen MR) is 91.1 cm³/mol. The van der Waals surface area contributed by atoms with E-state index in [1.54, 1.807) is 13.8 Å². The molecule has 3 heterocycles. The second kappa shape index (κ2) is 6.60. The van der Waals surface area contributed by atoms with Crippen molar-refractivity contribution in [2.24, 2.45) is 0 Å². The Morgan fingerprint density at radius 1 is 1.04 bits per heavy atom. The van der Waals surface area contributed by atoms with Crippen molar-refractivity contribution >= 4 is 20.0 Å². The molecule has 0 spiro atoms. The number of nitrogens with zero attached hydrogens (tertiary/aromatic N) is 4. The lowest BCUT2D eigenvalue weighted by atomic mass is 9.97. The Morgan fingerprint density at radius 2 is 1.64 bits per heavy atom. The fourth-order valence-electron chi connectivity index (χ4n) is 3.12. The van der Waals surface area contributed by atoms with E-state index in [1.165, 1.54) is 14.9 Å². The Hall–Kier alpha value is -1.04. The zero-order valence-corrected chi connectivity index (χ0v) is 16.3. The van der Waals surface area contributed by atoms with Crippen molar-refractivity contribution in [2.75, 3.05) is 32.4 Å². The fraction of sp³-hybridized carbons (Fsp3) is 0.857. The molecule has 25 heavy (non-hydrogen) atoms. The highest BCUT2D eigenvalue weighted by atomic mass is 32.2. The van der Waals surface area contributed by atoms with Gasteiger partial charge in [-0.25, -0.2) is 25.4 Å². The van der Waals surface area contributed by atoms with Gasteiger partial charge in [-0.15, -0.1) is 0 Å². The smallest absolute Gasteiger partial charge is 0.232 e. The summed E-state index contributed by atoms with van der Waals surface area (Å²) in [7, 11) is -6.39. The lowest BCUT2D eigenvalue weighted by molar-refractivity contribution is 0.215. The summed E-state index contributed by atoms with van der Waals surface area (Å²) < 4.78 is 55.4. The number of hydrogen-bond acceptors (Lipinski definition) is 7. The van der Waals surface area contributed by atoms with Gasteiger partial charge in [0.25, 0.3) is 0 Å². The Labute approximate surface area is 148 Å². The van der Waals surface area contributed by atoms with Crippen LogP contribution in [0.5, 0.6) is 0 Å². The van der Waals surface area contributed by atoms with Crippen molar-refractivity contribution in [3.8, 4) is 0 Å². The molecular weight excluding hydrogens is 368 g/mol. The topological polar surface area (TPSA) is 114 Å². The molecule has 1 aromatic heterocycles. The maximum absolute atomic E-state index is 12.1. The van der Waals surface area contributed by atoms with E-state index in [2.05, 4.69) is 10.1 Å². The van der Waals surface area contributed by atoms with Gasteiger partial charge in [-0.05, 0) is 26.7 Å². The van der Waals surface area contributed by atoms with Gasteiger partial charge in [-0.3, -0.25) is 0 Å². The summed E-state index contributed by atoms with van der Waals surface area (Å²) >= 11 is 0. The van der Waals surface area contributed by atoms with E-state index >= 15 is 0 Å². The summed E-state index contributed by atoms with van der Waals surface area (Å²) in [5.41, 5.74) is 0. The van der Waals surface area contributed by atoms with Crippen LogP contribution in [0.4, 0.5) is 0 Å². The molecule has 0 amide bonds. The van der Waals surface area contributed by atoms with E-state index in [9.17, 15) is 16.8 Å². The molecule has 2 aliphatic heterocycles. The fourth-order valence-corrected chi connectivity index (χ4v) is 5.37. The summed E-state index contributed by atoms with van der Waals surface area (Å²) in [4.78, 5) is 4.44. The van der Waals surface area contributed by atoms with E-state index in [4.69, 9.17) is 4.52 Å². The standard InChI is InChI=1S/C14H24N4O5S2/c1-10(2)25(21,22)18-8-12(9-18)14-15-13(16-23-14)11-4-6-17(7-5-11)24(3,19)20/h10-12H,4-9H2,1-3H3. The summed E-state index contributed by atoms with van der Waals surface area (Å²) in [6.45, 7) is 4.98. The van der Waals surface area contributed by atoms with Crippen molar-refractivity contribution in [1.29, 1.82) is 0 Å². The van der Waals surface area contributed by atoms with Crippen LogP contribution in [0.25, 0.3) is 0 Å². The third kappa shape index (κ3) is 3.74. The molecule has 9 nitrogen and oxygen atoms in total. The highest BCUT2D eigenvalue weighted by Crippen LogP contribution is 2.32. The van der Waals surface area contributed by atoms with Crippen molar-refractivity contribution in [2.45, 2.75) is 43.8 Å². The third-order valence-corrected chi connectivity index (χ3v) is 8.41. The molecule has 2 fully saturated rings. The third-order valence-electron chi connectivity index (χ3n) is 4.90. The first-order valence-corrected chi connectivity index (χ1v) is 11.7. The lowest BCUT2D eigenvalue weighted by Gasteiger charge is -2.37. The van der Waals surface area contributed by atoms with Crippen LogP contribution in [0.2, 0.25) is 0 Å². The molecule has 2 aliphatic rings. The van der Waals surface area contributed by atoms with Gasteiger partial charge in [-0.1, -0.05) is 5.16 Å². The highest BCUT2D eigenvalue weighted by molar-refractivity contribution is 7.89. The van der Waals surface area contributed by atoms with Gasteiger partial charge in [0.05, 0.1) is 17.4 Å². The van der Waals surface area contributed by atoms with Gasteiger partial charge in [0, 0.05) is 32.1 Å². The van der Waals surface area contributed by atoms with Crippen molar-refractivity contribution in [3.63, 3.8) is 0 Å². The zero-order valence-electron chi connectivity index (χ0n) is 14.6. The molecule has 0 N–H and O–H groups in total. The predicted octanol–water partition coefficient (Wildman–Crippen LogP) is 0.346. The summed E-state index contributed by atoms with van der Waals surface area (Å²) in [6, 6.07) is 0. The first kappa shape index (κ1) is 18.7. The number of aromatic nitrogens is 2. The highest BCUT2D eigenvalue weighted by Gasteiger charge is 2.41. The molecule has 0 aliphatic carbocycles. The van der Waals surface area contributed by atoms with Crippen LogP contribution in [0, 0.1) is 0 Å². The molecule has 0 radical (unpaired) electrons. The maximum atomic E-state index is 12.1. The first-order chi connectivity index (χ1) is 11.6. The Bertz CT molecular complexity index is 819. The average molecular weight is 393 g/mol. The normalized spacial score (nSPS) is 22.4. The van der Waals surface area contributed by atoms with Crippen LogP contribution in [0.1, 0.15) is 50.2 Å². The van der Waals surface area contributed by atoms with Gasteiger partial charge in [0.15, 0.2) is 5.82 Å². The lowest BCUT2D eigenvalue weighted by Crippen LogP contribution is -2.50. The van der Waals surface area contributed by atoms with Crippen LogP contribution in [-0.4, -0.2) is 73.3 Å². The van der Waals surface area contributed by atoms with E-state index in [0.29, 0.717) is 50.7 Å². The van der Waals surface area contributed by atoms with Crippen molar-refractivity contribution in [3.05, 3.63) is 11.7 Å². The van der Waals surface area contributed by atoms with Crippen molar-refractivity contribution in [1.82, 2.24) is 18.8 Å². The monoisotopic (exact) mass is 392 g/mol.